The second kappa shape index (κ2) is 11.4. The minimum atomic E-state index is -3.04. The molecule has 0 aliphatic carbocycles. The molecule has 1 aliphatic rings. The van der Waals surface area contributed by atoms with E-state index < -0.39 is 26.5 Å². The first kappa shape index (κ1) is 27.0. The van der Waals surface area contributed by atoms with Crippen LogP contribution in [0.25, 0.3) is 0 Å². The molecule has 2 aromatic carbocycles. The van der Waals surface area contributed by atoms with Crippen LogP contribution in [-0.4, -0.2) is 43.7 Å². The van der Waals surface area contributed by atoms with Crippen molar-refractivity contribution in [3.8, 4) is 0 Å². The van der Waals surface area contributed by atoms with E-state index in [-0.39, 0.29) is 17.4 Å². The summed E-state index contributed by atoms with van der Waals surface area (Å²) in [5.41, 5.74) is -0.103. The van der Waals surface area contributed by atoms with Crippen LogP contribution in [0.3, 0.4) is 0 Å². The molecule has 0 saturated carbocycles. The van der Waals surface area contributed by atoms with Gasteiger partial charge in [-0.3, -0.25) is 5.21 Å². The van der Waals surface area contributed by atoms with Crippen LogP contribution < -0.4 is 10.4 Å². The summed E-state index contributed by atoms with van der Waals surface area (Å²) >= 11 is 0. The van der Waals surface area contributed by atoms with E-state index in [2.05, 4.69) is 58.9 Å². The summed E-state index contributed by atoms with van der Waals surface area (Å²) in [6.45, 7) is 12.7. The third-order valence-electron chi connectivity index (χ3n) is 6.88. The fraction of sp³-hybridized carbons (Fsp3) is 0.500. The van der Waals surface area contributed by atoms with E-state index in [9.17, 15) is 10.0 Å². The highest BCUT2D eigenvalue weighted by Crippen LogP contribution is 2.39. The molecule has 7 heteroatoms. The third-order valence-corrected chi connectivity index (χ3v) is 11.9. The van der Waals surface area contributed by atoms with Gasteiger partial charge in [0, 0.05) is 0 Å². The highest BCUT2D eigenvalue weighted by atomic mass is 28.4. The summed E-state index contributed by atoms with van der Waals surface area (Å²) in [4.78, 5) is 19.0. The van der Waals surface area contributed by atoms with Crippen molar-refractivity contribution in [3.63, 3.8) is 0 Å². The number of hydrogen-bond donors (Lipinski definition) is 0. The Balaban J connectivity index is 2.17. The highest BCUT2D eigenvalue weighted by Gasteiger charge is 2.57. The molecule has 0 saturated heterocycles. The van der Waals surface area contributed by atoms with Crippen molar-refractivity contribution in [2.45, 2.75) is 78.1 Å². The average Bonchev–Trinajstić information content (AvgIpc) is 3.15. The van der Waals surface area contributed by atoms with Crippen LogP contribution >= 0.6 is 0 Å². The van der Waals surface area contributed by atoms with Gasteiger partial charge in [0.05, 0.1) is 11.5 Å². The van der Waals surface area contributed by atoms with Crippen LogP contribution in [0.4, 0.5) is 0 Å². The Kier molecular flexibility index (Phi) is 8.78. The molecule has 1 aliphatic heterocycles. The molecule has 190 valence electrons. The maximum absolute atomic E-state index is 13.0. The van der Waals surface area contributed by atoms with Crippen LogP contribution in [0.5, 0.6) is 0 Å². The molecule has 0 bridgehead atoms. The Hall–Kier alpha value is -2.64. The fourth-order valence-electron chi connectivity index (χ4n) is 4.78. The number of carbonyl (C=O) groups is 1. The van der Waals surface area contributed by atoms with Gasteiger partial charge in [0.1, 0.15) is 6.10 Å². The Morgan fingerprint density at radius 3 is 2.06 bits per heavy atom. The fourth-order valence-corrected chi connectivity index (χ4v) is 9.44. The minimum Gasteiger partial charge on any atom is -0.458 e. The Bertz CT molecular complexity index is 964. The van der Waals surface area contributed by atoms with E-state index in [0.717, 1.165) is 23.2 Å². The van der Waals surface area contributed by atoms with Crippen LogP contribution in [0, 0.1) is 11.1 Å². The van der Waals surface area contributed by atoms with Gasteiger partial charge in [0.25, 0.3) is 8.32 Å². The molecule has 0 spiro atoms. The maximum atomic E-state index is 13.0. The molecular weight excluding hydrogens is 458 g/mol. The zero-order chi connectivity index (χ0) is 25.6. The molecule has 0 fully saturated rings. The van der Waals surface area contributed by atoms with Crippen molar-refractivity contribution >= 4 is 30.4 Å². The summed E-state index contributed by atoms with van der Waals surface area (Å²) in [6.07, 6.45) is 1.11. The lowest BCUT2D eigenvalue weighted by molar-refractivity contribution is -0.740. The number of carbonyl (C=O) groups excluding carboxylic acids is 1. The van der Waals surface area contributed by atoms with E-state index in [4.69, 9.17) is 14.0 Å². The standard InChI is InChI=1S/C28H39NO5Si/c1-7-21(3)19-20-24-26(25(29(31)33-24)27(30)32-8-2)34-35(28(4,5)6,22-15-11-9-12-16-22)23-17-13-10-14-18-23/h9-18,21,24,26H,7-8,19-20H2,1-6H3/t21-,24-,26+/m0/s1. The Morgan fingerprint density at radius 1 is 1.06 bits per heavy atom. The number of hydrogen-bond acceptors (Lipinski definition) is 5. The van der Waals surface area contributed by atoms with Crippen molar-refractivity contribution < 1.29 is 23.7 Å². The van der Waals surface area contributed by atoms with Crippen molar-refractivity contribution in [2.75, 3.05) is 6.61 Å². The Morgan fingerprint density at radius 2 is 1.60 bits per heavy atom. The normalized spacial score (nSPS) is 19.4. The monoisotopic (exact) mass is 497 g/mol. The zero-order valence-corrected chi connectivity index (χ0v) is 22.8. The lowest BCUT2D eigenvalue weighted by Gasteiger charge is -2.44. The quantitative estimate of drug-likeness (QED) is 0.273. The summed E-state index contributed by atoms with van der Waals surface area (Å²) < 4.78 is 12.5. The average molecular weight is 498 g/mol. The number of benzene rings is 2. The Labute approximate surface area is 210 Å². The van der Waals surface area contributed by atoms with Gasteiger partial charge in [-0.25, -0.2) is 4.79 Å². The van der Waals surface area contributed by atoms with E-state index >= 15 is 0 Å². The van der Waals surface area contributed by atoms with Crippen molar-refractivity contribution in [3.05, 3.63) is 65.9 Å². The molecule has 0 N–H and O–H groups in total. The molecule has 6 nitrogen and oxygen atoms in total. The first-order chi connectivity index (χ1) is 16.7. The topological polar surface area (TPSA) is 70.8 Å². The minimum absolute atomic E-state index is 0.103. The second-order valence-corrected chi connectivity index (χ2v) is 14.6. The molecule has 0 unspecified atom stereocenters. The lowest BCUT2D eigenvalue weighted by atomic mass is 9.97. The van der Waals surface area contributed by atoms with E-state index in [1.165, 1.54) is 0 Å². The summed E-state index contributed by atoms with van der Waals surface area (Å²) in [5.74, 6) is -0.213. The predicted octanol–water partition coefficient (Wildman–Crippen LogP) is 4.59. The van der Waals surface area contributed by atoms with Crippen LogP contribution in [0.15, 0.2) is 60.7 Å². The molecule has 3 atom stereocenters. The number of esters is 1. The van der Waals surface area contributed by atoms with Crippen LogP contribution in [0.2, 0.25) is 5.04 Å². The van der Waals surface area contributed by atoms with Gasteiger partial charge in [-0.2, -0.15) is 0 Å². The first-order valence-corrected chi connectivity index (χ1v) is 14.5. The zero-order valence-electron chi connectivity index (χ0n) is 21.8. The third kappa shape index (κ3) is 5.62. The van der Waals surface area contributed by atoms with Gasteiger partial charge >= 0.3 is 11.7 Å². The summed E-state index contributed by atoms with van der Waals surface area (Å²) in [7, 11) is -3.04. The number of ether oxygens (including phenoxy) is 1. The number of nitrogens with zero attached hydrogens (tertiary/aromatic N) is 1. The smallest absolute Gasteiger partial charge is 0.408 e. The van der Waals surface area contributed by atoms with E-state index in [0.29, 0.717) is 17.2 Å². The summed E-state index contributed by atoms with van der Waals surface area (Å²) in [5, 5.41) is 14.8. The molecule has 0 aromatic heterocycles. The molecular formula is C28H39NO5Si. The summed E-state index contributed by atoms with van der Waals surface area (Å²) in [6, 6.07) is 20.4. The van der Waals surface area contributed by atoms with Crippen LogP contribution in [-0.2, 0) is 18.8 Å². The van der Waals surface area contributed by atoms with E-state index in [1.54, 1.807) is 6.92 Å². The highest BCUT2D eigenvalue weighted by molar-refractivity contribution is 6.99. The molecule has 0 amide bonds. The molecule has 2 aromatic rings. The van der Waals surface area contributed by atoms with Gasteiger partial charge in [0.15, 0.2) is 6.10 Å². The molecule has 35 heavy (non-hydrogen) atoms. The van der Waals surface area contributed by atoms with Crippen molar-refractivity contribution in [2.24, 2.45) is 5.92 Å². The maximum Gasteiger partial charge on any atom is 0.408 e. The molecule has 0 radical (unpaired) electrons. The van der Waals surface area contributed by atoms with Crippen LogP contribution in [0.1, 0.15) is 60.8 Å². The first-order valence-electron chi connectivity index (χ1n) is 12.6. The largest absolute Gasteiger partial charge is 0.458 e. The SMILES string of the molecule is CCOC(=O)C1=[N+]([O-])O[C@@H](CC[C@@H](C)CC)[C@H]1O[Si](c1ccccc1)(c1ccccc1)C(C)(C)C. The predicted molar refractivity (Wildman–Crippen MR) is 141 cm³/mol. The van der Waals surface area contributed by atoms with E-state index in [1.807, 2.05) is 36.4 Å². The van der Waals surface area contributed by atoms with Gasteiger partial charge in [-0.15, -0.1) is 0 Å². The van der Waals surface area contributed by atoms with Gasteiger partial charge < -0.3 is 14.0 Å². The van der Waals surface area contributed by atoms with Gasteiger partial charge in [-0.1, -0.05) is 102 Å². The van der Waals surface area contributed by atoms with Gasteiger partial charge in [-0.05, 0) is 41.1 Å². The molecule has 1 heterocycles. The van der Waals surface area contributed by atoms with Crippen molar-refractivity contribution in [1.82, 2.24) is 0 Å². The number of rotatable bonds is 10. The lowest BCUT2D eigenvalue weighted by Crippen LogP contribution is -2.69. The molecule has 3 rings (SSSR count). The van der Waals surface area contributed by atoms with Crippen molar-refractivity contribution in [1.29, 1.82) is 0 Å². The second-order valence-electron chi connectivity index (χ2n) is 10.3. The van der Waals surface area contributed by atoms with Gasteiger partial charge in [0.2, 0.25) is 0 Å².